The van der Waals surface area contributed by atoms with Gasteiger partial charge in [0.15, 0.2) is 10.3 Å². The van der Waals surface area contributed by atoms with Crippen LogP contribution >= 0.6 is 22.7 Å². The number of benzene rings is 4. The van der Waals surface area contributed by atoms with Crippen molar-refractivity contribution in [3.63, 3.8) is 0 Å². The first kappa shape index (κ1) is 25.0. The molecule has 8 aromatic rings. The van der Waals surface area contributed by atoms with Crippen LogP contribution in [-0.2, 0) is 0 Å². The molecule has 10 heteroatoms. The normalized spacial score (nSPS) is 11.8. The fraction of sp³-hybridized carbons (Fsp3) is 0.125. The van der Waals surface area contributed by atoms with Gasteiger partial charge in [-0.1, -0.05) is 34.8 Å². The van der Waals surface area contributed by atoms with E-state index < -0.39 is 0 Å². The zero-order valence-corrected chi connectivity index (χ0v) is 25.0. The van der Waals surface area contributed by atoms with Crippen molar-refractivity contribution in [1.82, 2.24) is 29.9 Å². The lowest BCUT2D eigenvalue weighted by Gasteiger charge is -2.01. The number of anilines is 4. The number of fused-ring (bicyclic) bond motifs is 4. The molecule has 4 N–H and O–H groups in total. The van der Waals surface area contributed by atoms with Gasteiger partial charge in [-0.25, -0.2) is 19.9 Å². The van der Waals surface area contributed by atoms with E-state index in [1.165, 1.54) is 22.3 Å². The van der Waals surface area contributed by atoms with E-state index in [0.717, 1.165) is 63.9 Å². The standard InChI is InChI=1S/C32H26N8S2/c1-15-9-25-27(11-17(15)3)41-31(37-25)39-29-33-21-7-5-19(13-23(21)35-29)20-6-8-22-24(14-20)36-30(34-22)40-32-38-26-10-16(2)18(4)12-28(26)42-32/h5-14H,1-4H3,(H2,33,35,37,39)(H2,34,36,38,40). The summed E-state index contributed by atoms with van der Waals surface area (Å²) in [5.74, 6) is 1.35. The molecule has 0 saturated heterocycles. The average Bonchev–Trinajstić information content (AvgIpc) is 3.73. The van der Waals surface area contributed by atoms with Gasteiger partial charge < -0.3 is 20.6 Å². The Morgan fingerprint density at radius 3 is 1.38 bits per heavy atom. The molecule has 0 atom stereocenters. The van der Waals surface area contributed by atoms with Gasteiger partial charge in [0, 0.05) is 0 Å². The molecular formula is C32H26N8S2. The molecule has 4 aromatic heterocycles. The van der Waals surface area contributed by atoms with Gasteiger partial charge in [0.25, 0.3) is 0 Å². The molecule has 42 heavy (non-hydrogen) atoms. The largest absolute Gasteiger partial charge is 0.324 e. The van der Waals surface area contributed by atoms with Gasteiger partial charge >= 0.3 is 0 Å². The Morgan fingerprint density at radius 2 is 0.929 bits per heavy atom. The molecule has 0 radical (unpaired) electrons. The maximum absolute atomic E-state index is 4.75. The van der Waals surface area contributed by atoms with Crippen LogP contribution in [0.1, 0.15) is 22.3 Å². The van der Waals surface area contributed by atoms with Gasteiger partial charge in [-0.15, -0.1) is 0 Å². The summed E-state index contributed by atoms with van der Waals surface area (Å²) in [6.45, 7) is 8.49. The van der Waals surface area contributed by atoms with Gasteiger partial charge in [0.2, 0.25) is 11.9 Å². The van der Waals surface area contributed by atoms with E-state index in [0.29, 0.717) is 11.9 Å². The lowest BCUT2D eigenvalue weighted by molar-refractivity contribution is 1.29. The van der Waals surface area contributed by atoms with Gasteiger partial charge in [0.1, 0.15) is 0 Å². The van der Waals surface area contributed by atoms with Gasteiger partial charge in [-0.3, -0.25) is 0 Å². The third-order valence-electron chi connectivity index (χ3n) is 7.76. The highest BCUT2D eigenvalue weighted by atomic mass is 32.1. The van der Waals surface area contributed by atoms with Crippen molar-refractivity contribution in [3.05, 3.63) is 82.9 Å². The molecule has 8 rings (SSSR count). The minimum absolute atomic E-state index is 0.676. The van der Waals surface area contributed by atoms with Crippen LogP contribution < -0.4 is 10.6 Å². The summed E-state index contributed by atoms with van der Waals surface area (Å²) in [6.07, 6.45) is 0. The Hall–Kier alpha value is -4.80. The van der Waals surface area contributed by atoms with Crippen LogP contribution in [0.2, 0.25) is 0 Å². The summed E-state index contributed by atoms with van der Waals surface area (Å²) < 4.78 is 2.33. The highest BCUT2D eigenvalue weighted by molar-refractivity contribution is 7.22. The highest BCUT2D eigenvalue weighted by Gasteiger charge is 2.12. The molecule has 0 unspecified atom stereocenters. The first-order chi connectivity index (χ1) is 20.3. The summed E-state index contributed by atoms with van der Waals surface area (Å²) in [7, 11) is 0. The molecule has 0 fully saturated rings. The number of thiazole rings is 2. The van der Waals surface area contributed by atoms with Crippen molar-refractivity contribution < 1.29 is 0 Å². The number of aromatic amines is 2. The fourth-order valence-corrected chi connectivity index (χ4v) is 7.06. The molecular weight excluding hydrogens is 561 g/mol. The Morgan fingerprint density at radius 1 is 0.500 bits per heavy atom. The molecule has 4 aromatic carbocycles. The highest BCUT2D eigenvalue weighted by Crippen LogP contribution is 2.33. The maximum atomic E-state index is 4.75. The molecule has 0 amide bonds. The molecule has 0 spiro atoms. The van der Waals surface area contributed by atoms with Crippen molar-refractivity contribution in [1.29, 1.82) is 0 Å². The Balaban J connectivity index is 1.05. The van der Waals surface area contributed by atoms with Crippen LogP contribution in [0.25, 0.3) is 53.6 Å². The topological polar surface area (TPSA) is 107 Å². The zero-order chi connectivity index (χ0) is 28.5. The zero-order valence-electron chi connectivity index (χ0n) is 23.4. The molecule has 0 aliphatic carbocycles. The predicted octanol–water partition coefficient (Wildman–Crippen LogP) is 9.05. The second-order valence-corrected chi connectivity index (χ2v) is 12.8. The van der Waals surface area contributed by atoms with Crippen LogP contribution in [0.5, 0.6) is 0 Å². The van der Waals surface area contributed by atoms with E-state index in [-0.39, 0.29) is 0 Å². The Labute approximate surface area is 248 Å². The molecule has 0 aliphatic heterocycles. The quantitative estimate of drug-likeness (QED) is 0.160. The van der Waals surface area contributed by atoms with E-state index in [1.807, 2.05) is 12.1 Å². The summed E-state index contributed by atoms with van der Waals surface area (Å²) in [5, 5.41) is 8.35. The average molecular weight is 587 g/mol. The molecule has 0 bridgehead atoms. The number of rotatable bonds is 5. The van der Waals surface area contributed by atoms with Crippen LogP contribution in [0, 0.1) is 27.7 Å². The third kappa shape index (κ3) is 4.36. The van der Waals surface area contributed by atoms with Crippen molar-refractivity contribution in [2.45, 2.75) is 27.7 Å². The van der Waals surface area contributed by atoms with E-state index in [4.69, 9.17) is 19.9 Å². The SMILES string of the molecule is Cc1cc2nc(Nc3nc4ccc(-c5ccc6nc(Nc7nc8cc(C)c(C)cc8s7)[nH]c6c5)cc4[nH]3)sc2cc1C. The number of hydrogen-bond donors (Lipinski definition) is 4. The second-order valence-electron chi connectivity index (χ2n) is 10.7. The van der Waals surface area contributed by atoms with E-state index in [1.54, 1.807) is 22.7 Å². The first-order valence-electron chi connectivity index (χ1n) is 13.6. The summed E-state index contributed by atoms with van der Waals surface area (Å²) >= 11 is 3.26. The third-order valence-corrected chi connectivity index (χ3v) is 9.62. The van der Waals surface area contributed by atoms with Gasteiger partial charge in [0.05, 0.1) is 42.5 Å². The first-order valence-corrected chi connectivity index (χ1v) is 15.3. The lowest BCUT2D eigenvalue weighted by atomic mass is 10.0. The number of aromatic nitrogens is 6. The molecule has 0 aliphatic rings. The van der Waals surface area contributed by atoms with Crippen molar-refractivity contribution >= 4 is 87.3 Å². The summed E-state index contributed by atoms with van der Waals surface area (Å²) in [4.78, 5) is 25.8. The van der Waals surface area contributed by atoms with Crippen LogP contribution in [0.3, 0.4) is 0 Å². The second kappa shape index (κ2) is 9.37. The predicted molar refractivity (Wildman–Crippen MR) is 176 cm³/mol. The van der Waals surface area contributed by atoms with E-state index in [2.05, 4.69) is 96.8 Å². The maximum Gasteiger partial charge on any atom is 0.207 e. The molecule has 4 heterocycles. The van der Waals surface area contributed by atoms with E-state index >= 15 is 0 Å². The number of hydrogen-bond acceptors (Lipinski definition) is 8. The molecule has 0 saturated carbocycles. The Bertz CT molecular complexity index is 2080. The summed E-state index contributed by atoms with van der Waals surface area (Å²) in [5.41, 5.74) is 12.9. The van der Waals surface area contributed by atoms with Crippen LogP contribution in [-0.4, -0.2) is 29.9 Å². The number of H-pyrrole nitrogens is 2. The minimum atomic E-state index is 0.676. The number of imidazole rings is 2. The molecule has 206 valence electrons. The van der Waals surface area contributed by atoms with Crippen molar-refractivity contribution in [3.8, 4) is 11.1 Å². The summed E-state index contributed by atoms with van der Waals surface area (Å²) in [6, 6.07) is 21.2. The number of nitrogens with zero attached hydrogens (tertiary/aromatic N) is 4. The monoisotopic (exact) mass is 586 g/mol. The molecule has 8 nitrogen and oxygen atoms in total. The lowest BCUT2D eigenvalue weighted by Crippen LogP contribution is -1.90. The van der Waals surface area contributed by atoms with Gasteiger partial charge in [-0.2, -0.15) is 0 Å². The van der Waals surface area contributed by atoms with Gasteiger partial charge in [-0.05, 0) is 110 Å². The fourth-order valence-electron chi connectivity index (χ4n) is 5.17. The van der Waals surface area contributed by atoms with Crippen molar-refractivity contribution in [2.24, 2.45) is 0 Å². The van der Waals surface area contributed by atoms with Crippen LogP contribution in [0.4, 0.5) is 22.2 Å². The number of nitrogens with one attached hydrogen (secondary N) is 4. The smallest absolute Gasteiger partial charge is 0.207 e. The Kier molecular flexibility index (Phi) is 5.56. The minimum Gasteiger partial charge on any atom is -0.324 e. The van der Waals surface area contributed by atoms with E-state index in [9.17, 15) is 0 Å². The van der Waals surface area contributed by atoms with Crippen LogP contribution in [0.15, 0.2) is 60.7 Å². The van der Waals surface area contributed by atoms with Crippen molar-refractivity contribution in [2.75, 3.05) is 10.6 Å². The number of aryl methyl sites for hydroxylation is 4.